The molecule has 2 unspecified atom stereocenters. The van der Waals surface area contributed by atoms with Crippen molar-refractivity contribution in [2.75, 3.05) is 13.6 Å². The maximum atomic E-state index is 13.1. The van der Waals surface area contributed by atoms with E-state index in [2.05, 4.69) is 56.1 Å². The number of carbonyl (C=O) groups is 1. The van der Waals surface area contributed by atoms with Gasteiger partial charge in [0.15, 0.2) is 0 Å². The highest BCUT2D eigenvalue weighted by Gasteiger charge is 2.23. The maximum Gasteiger partial charge on any atom is 0.133 e. The Morgan fingerprint density at radius 2 is 1.12 bits per heavy atom. The van der Waals surface area contributed by atoms with E-state index in [1.807, 2.05) is 7.05 Å². The molecule has 0 heterocycles. The number of unbranched alkanes of at least 4 members (excludes halogenated alkanes) is 14. The molecule has 2 heteroatoms. The van der Waals surface area contributed by atoms with Crippen molar-refractivity contribution in [2.24, 2.45) is 11.8 Å². The molecule has 0 aromatic carbocycles. The van der Waals surface area contributed by atoms with Gasteiger partial charge in [0.2, 0.25) is 0 Å². The van der Waals surface area contributed by atoms with Crippen LogP contribution in [0.2, 0.25) is 0 Å². The highest BCUT2D eigenvalue weighted by atomic mass is 16.1. The molecule has 2 atom stereocenters. The van der Waals surface area contributed by atoms with Crippen molar-refractivity contribution in [2.45, 2.75) is 174 Å². The van der Waals surface area contributed by atoms with Gasteiger partial charge in [0.1, 0.15) is 5.78 Å². The Morgan fingerprint density at radius 3 is 1.77 bits per heavy atom. The highest BCUT2D eigenvalue weighted by molar-refractivity contribution is 5.78. The smallest absolute Gasteiger partial charge is 0.133 e. The lowest BCUT2D eigenvalue weighted by molar-refractivity contribution is -0.120. The van der Waals surface area contributed by atoms with E-state index in [1.165, 1.54) is 135 Å². The number of ketones is 1. The Bertz CT molecular complexity index is 592. The molecule has 0 rings (SSSR count). The minimum atomic E-state index is 0.527. The average Bonchev–Trinajstić information content (AvgIpc) is 2.95. The molecular formula is C38H71NO. The molecule has 0 bridgehead atoms. The van der Waals surface area contributed by atoms with Crippen molar-refractivity contribution in [1.29, 1.82) is 0 Å². The summed E-state index contributed by atoms with van der Waals surface area (Å²) in [5.74, 6) is 1.82. The van der Waals surface area contributed by atoms with E-state index in [4.69, 9.17) is 0 Å². The molecule has 0 fully saturated rings. The summed E-state index contributed by atoms with van der Waals surface area (Å²) >= 11 is 0. The molecule has 234 valence electrons. The van der Waals surface area contributed by atoms with Crippen LogP contribution in [-0.4, -0.2) is 19.4 Å². The van der Waals surface area contributed by atoms with Crippen LogP contribution < -0.4 is 5.32 Å². The van der Waals surface area contributed by atoms with E-state index in [0.717, 1.165) is 32.2 Å². The molecule has 40 heavy (non-hydrogen) atoms. The van der Waals surface area contributed by atoms with Gasteiger partial charge in [0.25, 0.3) is 0 Å². The number of allylic oxidation sites excluding steroid dienone is 5. The van der Waals surface area contributed by atoms with Crippen LogP contribution in [-0.2, 0) is 4.79 Å². The second-order valence-corrected chi connectivity index (χ2v) is 12.3. The number of nitrogens with one attached hydrogen (secondary N) is 1. The molecule has 0 aliphatic carbocycles. The second-order valence-electron chi connectivity index (χ2n) is 12.3. The van der Waals surface area contributed by atoms with E-state index in [1.54, 1.807) is 0 Å². The normalized spacial score (nSPS) is 13.4. The van der Waals surface area contributed by atoms with E-state index in [0.29, 0.717) is 17.6 Å². The van der Waals surface area contributed by atoms with Crippen LogP contribution in [0.25, 0.3) is 0 Å². The van der Waals surface area contributed by atoms with Crippen molar-refractivity contribution in [1.82, 2.24) is 5.32 Å². The molecule has 0 saturated carbocycles. The largest absolute Gasteiger partial charge is 0.320 e. The van der Waals surface area contributed by atoms with Crippen LogP contribution >= 0.6 is 0 Å². The molecule has 0 aliphatic heterocycles. The number of hydrogen-bond donors (Lipinski definition) is 1. The summed E-state index contributed by atoms with van der Waals surface area (Å²) in [6, 6.07) is 0. The van der Waals surface area contributed by atoms with Gasteiger partial charge in [-0.1, -0.05) is 115 Å². The van der Waals surface area contributed by atoms with Crippen molar-refractivity contribution in [3.8, 4) is 0 Å². The quantitative estimate of drug-likeness (QED) is 0.0658. The summed E-state index contributed by atoms with van der Waals surface area (Å²) in [6.07, 6.45) is 42.2. The molecule has 0 aromatic heterocycles. The minimum absolute atomic E-state index is 0.527. The summed E-state index contributed by atoms with van der Waals surface area (Å²) in [4.78, 5) is 13.1. The molecule has 2 nitrogen and oxygen atoms in total. The molecule has 0 amide bonds. The maximum absolute atomic E-state index is 13.1. The summed E-state index contributed by atoms with van der Waals surface area (Å²) in [5.41, 5.74) is 0. The number of rotatable bonds is 32. The van der Waals surface area contributed by atoms with Crippen LogP contribution in [0, 0.1) is 11.8 Å². The highest BCUT2D eigenvalue weighted by Crippen LogP contribution is 2.32. The van der Waals surface area contributed by atoms with Crippen molar-refractivity contribution < 1.29 is 4.79 Å². The van der Waals surface area contributed by atoms with Crippen LogP contribution in [0.5, 0.6) is 0 Å². The van der Waals surface area contributed by atoms with Crippen molar-refractivity contribution in [3.63, 3.8) is 0 Å². The zero-order valence-electron chi connectivity index (χ0n) is 27.5. The predicted octanol–water partition coefficient (Wildman–Crippen LogP) is 12.1. The van der Waals surface area contributed by atoms with Gasteiger partial charge in [-0.25, -0.2) is 0 Å². The van der Waals surface area contributed by atoms with Gasteiger partial charge < -0.3 is 5.32 Å². The molecule has 0 aliphatic rings. The van der Waals surface area contributed by atoms with Crippen molar-refractivity contribution >= 4 is 5.78 Å². The van der Waals surface area contributed by atoms with Gasteiger partial charge >= 0.3 is 0 Å². The Labute approximate surface area is 252 Å². The fourth-order valence-electron chi connectivity index (χ4n) is 5.84. The van der Waals surface area contributed by atoms with Gasteiger partial charge in [0, 0.05) is 12.8 Å². The second kappa shape index (κ2) is 32.4. The summed E-state index contributed by atoms with van der Waals surface area (Å²) in [5, 5.41) is 3.23. The summed E-state index contributed by atoms with van der Waals surface area (Å²) in [6.45, 7) is 9.48. The predicted molar refractivity (Wildman–Crippen MR) is 181 cm³/mol. The molecule has 0 aromatic rings. The van der Waals surface area contributed by atoms with E-state index in [9.17, 15) is 4.79 Å². The molecule has 0 spiro atoms. The molecule has 0 saturated heterocycles. The SMILES string of the molecule is C=CCCCCCCC(CCCC/C=C/CCCC)C(CCC/C=C\CCCCC)CC(=O)CCCCCNC. The van der Waals surface area contributed by atoms with E-state index >= 15 is 0 Å². The first kappa shape index (κ1) is 38.9. The van der Waals surface area contributed by atoms with Gasteiger partial charge in [-0.05, 0) is 102 Å². The van der Waals surface area contributed by atoms with Crippen LogP contribution in [0.1, 0.15) is 174 Å². The third-order valence-electron chi connectivity index (χ3n) is 8.45. The fourth-order valence-corrected chi connectivity index (χ4v) is 5.84. The Kier molecular flexibility index (Phi) is 31.4. The van der Waals surface area contributed by atoms with Crippen molar-refractivity contribution in [3.05, 3.63) is 37.0 Å². The third kappa shape index (κ3) is 27.0. The number of Topliss-reactive ketones (excluding diaryl/α,β-unsaturated/α-hetero) is 1. The number of hydrogen-bond acceptors (Lipinski definition) is 2. The average molecular weight is 558 g/mol. The van der Waals surface area contributed by atoms with Crippen LogP contribution in [0.4, 0.5) is 0 Å². The fraction of sp³-hybridized carbons (Fsp3) is 0.816. The molecular weight excluding hydrogens is 486 g/mol. The van der Waals surface area contributed by atoms with Crippen LogP contribution in [0.15, 0.2) is 37.0 Å². The Balaban J connectivity index is 5.02. The Morgan fingerprint density at radius 1 is 0.600 bits per heavy atom. The van der Waals surface area contributed by atoms with Gasteiger partial charge in [0.05, 0.1) is 0 Å². The monoisotopic (exact) mass is 558 g/mol. The minimum Gasteiger partial charge on any atom is -0.320 e. The first-order valence-corrected chi connectivity index (χ1v) is 17.8. The lowest BCUT2D eigenvalue weighted by atomic mass is 9.78. The first-order valence-electron chi connectivity index (χ1n) is 17.8. The van der Waals surface area contributed by atoms with Crippen LogP contribution in [0.3, 0.4) is 0 Å². The zero-order valence-corrected chi connectivity index (χ0v) is 27.5. The lowest BCUT2D eigenvalue weighted by Gasteiger charge is -2.27. The van der Waals surface area contributed by atoms with Gasteiger partial charge in [-0.15, -0.1) is 6.58 Å². The van der Waals surface area contributed by atoms with Gasteiger partial charge in [-0.3, -0.25) is 4.79 Å². The lowest BCUT2D eigenvalue weighted by Crippen LogP contribution is -2.19. The molecule has 0 radical (unpaired) electrons. The first-order chi connectivity index (χ1) is 19.7. The third-order valence-corrected chi connectivity index (χ3v) is 8.45. The Hall–Kier alpha value is -1.15. The summed E-state index contributed by atoms with van der Waals surface area (Å²) in [7, 11) is 2.01. The number of carbonyl (C=O) groups excluding carboxylic acids is 1. The standard InChI is InChI=1S/C38H71NO/c1-5-8-11-14-17-19-22-26-31-36(30-25-21-16-13-10-7-3)37(32-27-23-20-18-15-12-9-6-2)35-38(40)33-28-24-29-34-39-4/h7,14,17-18,20,36-37,39H,3,5-6,8-13,15-16,19,21-35H2,1-2,4H3/b17-14+,20-18-. The van der Waals surface area contributed by atoms with E-state index < -0.39 is 0 Å². The zero-order chi connectivity index (χ0) is 29.4. The topological polar surface area (TPSA) is 29.1 Å². The summed E-state index contributed by atoms with van der Waals surface area (Å²) < 4.78 is 0. The van der Waals surface area contributed by atoms with E-state index in [-0.39, 0.29) is 0 Å². The van der Waals surface area contributed by atoms with Gasteiger partial charge in [-0.2, -0.15) is 0 Å². The molecule has 1 N–H and O–H groups in total.